The fourth-order valence-electron chi connectivity index (χ4n) is 2.30. The number of carbonyl (C=O) groups excluding carboxylic acids is 1. The first-order valence-corrected chi connectivity index (χ1v) is 10.5. The van der Waals surface area contributed by atoms with Crippen LogP contribution in [0.4, 0.5) is 5.13 Å². The zero-order valence-corrected chi connectivity index (χ0v) is 16.8. The van der Waals surface area contributed by atoms with E-state index in [4.69, 9.17) is 4.74 Å². The van der Waals surface area contributed by atoms with Gasteiger partial charge in [-0.2, -0.15) is 0 Å². The lowest BCUT2D eigenvalue weighted by atomic mass is 10.2. The van der Waals surface area contributed by atoms with Crippen molar-refractivity contribution in [3.63, 3.8) is 0 Å². The Morgan fingerprint density at radius 1 is 1.30 bits per heavy atom. The molecule has 0 radical (unpaired) electrons. The molecule has 1 amide bonds. The van der Waals surface area contributed by atoms with Gasteiger partial charge in [0, 0.05) is 24.2 Å². The lowest BCUT2D eigenvalue weighted by Gasteiger charge is -2.07. The van der Waals surface area contributed by atoms with Gasteiger partial charge in [0.2, 0.25) is 5.91 Å². The lowest BCUT2D eigenvalue weighted by molar-refractivity contribution is -0.113. The van der Waals surface area contributed by atoms with Gasteiger partial charge in [-0.05, 0) is 30.7 Å². The van der Waals surface area contributed by atoms with E-state index >= 15 is 0 Å². The average molecular weight is 404 g/mol. The first-order chi connectivity index (χ1) is 13.2. The Balaban J connectivity index is 1.58. The van der Waals surface area contributed by atoms with Gasteiger partial charge in [0.15, 0.2) is 16.1 Å². The van der Waals surface area contributed by atoms with Crippen LogP contribution in [0.1, 0.15) is 19.8 Å². The number of unbranched alkanes of at least 4 members (excludes halogenated alkanes) is 1. The number of thiazole rings is 1. The fraction of sp³-hybridized carbons (Fsp3) is 0.333. The minimum Gasteiger partial charge on any atom is -0.494 e. The molecule has 1 aromatic carbocycles. The summed E-state index contributed by atoms with van der Waals surface area (Å²) in [6.07, 6.45) is 3.81. The molecule has 3 rings (SSSR count). The molecule has 0 unspecified atom stereocenters. The standard InChI is InChI=1S/C18H21N5O2S2/c1-3-4-10-25-14-7-5-13(6-8-14)16-21-22-18(23(16)2)27-12-15(24)20-17-19-9-11-26-17/h5-9,11H,3-4,10,12H2,1-2H3,(H,19,20,24). The maximum Gasteiger partial charge on any atom is 0.236 e. The van der Waals surface area contributed by atoms with Crippen molar-refractivity contribution in [2.24, 2.45) is 7.05 Å². The molecule has 0 saturated heterocycles. The predicted octanol–water partition coefficient (Wildman–Crippen LogP) is 3.85. The van der Waals surface area contributed by atoms with Crippen LogP contribution in [-0.4, -0.2) is 38.0 Å². The highest BCUT2D eigenvalue weighted by Gasteiger charge is 2.13. The quantitative estimate of drug-likeness (QED) is 0.432. The first-order valence-electron chi connectivity index (χ1n) is 8.62. The van der Waals surface area contributed by atoms with Crippen LogP contribution in [-0.2, 0) is 11.8 Å². The van der Waals surface area contributed by atoms with Gasteiger partial charge in [-0.3, -0.25) is 4.79 Å². The summed E-state index contributed by atoms with van der Waals surface area (Å²) in [7, 11) is 1.89. The van der Waals surface area contributed by atoms with Crippen molar-refractivity contribution in [1.29, 1.82) is 0 Å². The number of ether oxygens (including phenoxy) is 1. The van der Waals surface area contributed by atoms with Crippen LogP contribution in [0.15, 0.2) is 41.0 Å². The summed E-state index contributed by atoms with van der Waals surface area (Å²) in [6, 6.07) is 7.81. The van der Waals surface area contributed by atoms with Crippen molar-refractivity contribution in [2.75, 3.05) is 17.7 Å². The SMILES string of the molecule is CCCCOc1ccc(-c2nnc(SCC(=O)Nc3nccs3)n2C)cc1. The molecule has 2 heterocycles. The van der Waals surface area contributed by atoms with E-state index in [0.717, 1.165) is 36.6 Å². The number of thioether (sulfide) groups is 1. The van der Waals surface area contributed by atoms with Crippen molar-refractivity contribution in [1.82, 2.24) is 19.7 Å². The van der Waals surface area contributed by atoms with Crippen LogP contribution in [0.5, 0.6) is 5.75 Å². The van der Waals surface area contributed by atoms with E-state index in [2.05, 4.69) is 27.4 Å². The number of nitrogens with zero attached hydrogens (tertiary/aromatic N) is 4. The lowest BCUT2D eigenvalue weighted by Crippen LogP contribution is -2.14. The van der Waals surface area contributed by atoms with Crippen LogP contribution in [0.25, 0.3) is 11.4 Å². The van der Waals surface area contributed by atoms with Gasteiger partial charge in [-0.25, -0.2) is 4.98 Å². The second-order valence-corrected chi connectivity index (χ2v) is 7.60. The maximum atomic E-state index is 12.0. The molecule has 0 spiro atoms. The molecule has 0 aliphatic carbocycles. The smallest absolute Gasteiger partial charge is 0.236 e. The summed E-state index contributed by atoms with van der Waals surface area (Å²) in [5.41, 5.74) is 0.951. The molecule has 2 aromatic heterocycles. The fourth-order valence-corrected chi connectivity index (χ4v) is 3.55. The molecule has 0 bridgehead atoms. The second kappa shape index (κ2) is 9.52. The third-order valence-electron chi connectivity index (χ3n) is 3.73. The number of nitrogens with one attached hydrogen (secondary N) is 1. The Morgan fingerprint density at radius 2 is 2.11 bits per heavy atom. The zero-order chi connectivity index (χ0) is 19.1. The molecular formula is C18H21N5O2S2. The summed E-state index contributed by atoms with van der Waals surface area (Å²) >= 11 is 2.73. The Kier molecular flexibility index (Phi) is 6.83. The Morgan fingerprint density at radius 3 is 2.81 bits per heavy atom. The second-order valence-electron chi connectivity index (χ2n) is 5.77. The third-order valence-corrected chi connectivity index (χ3v) is 5.43. The van der Waals surface area contributed by atoms with Gasteiger partial charge in [-0.1, -0.05) is 25.1 Å². The Bertz CT molecular complexity index is 863. The first kappa shape index (κ1) is 19.4. The molecule has 7 nitrogen and oxygen atoms in total. The predicted molar refractivity (Wildman–Crippen MR) is 108 cm³/mol. The van der Waals surface area contributed by atoms with Gasteiger partial charge >= 0.3 is 0 Å². The highest BCUT2D eigenvalue weighted by atomic mass is 32.2. The number of hydrogen-bond acceptors (Lipinski definition) is 7. The van der Waals surface area contributed by atoms with Gasteiger partial charge in [-0.15, -0.1) is 21.5 Å². The summed E-state index contributed by atoms with van der Waals surface area (Å²) < 4.78 is 7.57. The average Bonchev–Trinajstić information content (AvgIpc) is 3.31. The summed E-state index contributed by atoms with van der Waals surface area (Å²) in [6.45, 7) is 2.86. The minimum absolute atomic E-state index is 0.118. The summed E-state index contributed by atoms with van der Waals surface area (Å²) in [4.78, 5) is 16.0. The van der Waals surface area contributed by atoms with Crippen LogP contribution in [0, 0.1) is 0 Å². The third kappa shape index (κ3) is 5.30. The molecule has 142 valence electrons. The van der Waals surface area contributed by atoms with Crippen LogP contribution in [0.2, 0.25) is 0 Å². The normalized spacial score (nSPS) is 10.7. The molecule has 9 heteroatoms. The van der Waals surface area contributed by atoms with E-state index in [1.165, 1.54) is 23.1 Å². The van der Waals surface area contributed by atoms with Crippen molar-refractivity contribution < 1.29 is 9.53 Å². The van der Waals surface area contributed by atoms with Crippen LogP contribution in [0.3, 0.4) is 0 Å². The zero-order valence-electron chi connectivity index (χ0n) is 15.2. The van der Waals surface area contributed by atoms with E-state index < -0.39 is 0 Å². The number of carbonyl (C=O) groups is 1. The molecule has 0 fully saturated rings. The van der Waals surface area contributed by atoms with Crippen LogP contribution >= 0.6 is 23.1 Å². The molecule has 1 N–H and O–H groups in total. The Hall–Kier alpha value is -2.39. The van der Waals surface area contributed by atoms with E-state index in [-0.39, 0.29) is 11.7 Å². The van der Waals surface area contributed by atoms with Crippen molar-refractivity contribution in [3.05, 3.63) is 35.8 Å². The number of hydrogen-bond donors (Lipinski definition) is 1. The van der Waals surface area contributed by atoms with Gasteiger partial charge < -0.3 is 14.6 Å². The highest BCUT2D eigenvalue weighted by molar-refractivity contribution is 7.99. The van der Waals surface area contributed by atoms with Crippen molar-refractivity contribution in [3.8, 4) is 17.1 Å². The maximum absolute atomic E-state index is 12.0. The number of rotatable bonds is 9. The minimum atomic E-state index is -0.118. The molecule has 0 aliphatic rings. The van der Waals surface area contributed by atoms with Crippen LogP contribution < -0.4 is 10.1 Å². The largest absolute Gasteiger partial charge is 0.494 e. The van der Waals surface area contributed by atoms with E-state index in [1.54, 1.807) is 6.20 Å². The molecule has 27 heavy (non-hydrogen) atoms. The number of aromatic nitrogens is 4. The molecule has 0 aliphatic heterocycles. The highest BCUT2D eigenvalue weighted by Crippen LogP contribution is 2.24. The topological polar surface area (TPSA) is 81.9 Å². The number of benzene rings is 1. The van der Waals surface area contributed by atoms with Gasteiger partial charge in [0.25, 0.3) is 0 Å². The number of amides is 1. The van der Waals surface area contributed by atoms with Crippen molar-refractivity contribution in [2.45, 2.75) is 24.9 Å². The Labute approximate surface area is 166 Å². The number of anilines is 1. The molecule has 3 aromatic rings. The van der Waals surface area contributed by atoms with Gasteiger partial charge in [0.05, 0.1) is 12.4 Å². The van der Waals surface area contributed by atoms with Gasteiger partial charge in [0.1, 0.15) is 5.75 Å². The molecular weight excluding hydrogens is 382 g/mol. The van der Waals surface area contributed by atoms with E-state index in [0.29, 0.717) is 10.3 Å². The molecule has 0 saturated carbocycles. The summed E-state index contributed by atoms with van der Waals surface area (Å²) in [5.74, 6) is 1.73. The van der Waals surface area contributed by atoms with E-state index in [9.17, 15) is 4.79 Å². The van der Waals surface area contributed by atoms with E-state index in [1.807, 2.05) is 41.3 Å². The van der Waals surface area contributed by atoms with Crippen molar-refractivity contribution >= 4 is 34.1 Å². The molecule has 0 atom stereocenters. The monoisotopic (exact) mass is 403 g/mol. The summed E-state index contributed by atoms with van der Waals surface area (Å²) in [5, 5.41) is 14.3.